The Balaban J connectivity index is 1.78. The normalized spacial score (nSPS) is 33.2. The molecule has 120 valence electrons. The van der Waals surface area contributed by atoms with Crippen molar-refractivity contribution < 1.29 is 14.3 Å². The minimum Gasteiger partial charge on any atom is -0.356 e. The number of carbonyl (C=O) groups is 1. The lowest BCUT2D eigenvalue weighted by Gasteiger charge is -2.49. The van der Waals surface area contributed by atoms with E-state index in [1.807, 2.05) is 0 Å². The van der Waals surface area contributed by atoms with Gasteiger partial charge in [-0.2, -0.15) is 0 Å². The molecule has 0 bridgehead atoms. The molecule has 3 fully saturated rings. The number of rotatable bonds is 3. The average molecular weight is 332 g/mol. The summed E-state index contributed by atoms with van der Waals surface area (Å²) in [6.45, 7) is 3.78. The molecule has 0 aromatic carbocycles. The van der Waals surface area contributed by atoms with Crippen LogP contribution in [0.4, 0.5) is 0 Å². The monoisotopic (exact) mass is 331 g/mol. The first-order valence-electron chi connectivity index (χ1n) is 7.90. The van der Waals surface area contributed by atoms with Gasteiger partial charge in [0.05, 0.1) is 17.8 Å². The maximum Gasteiger partial charge on any atom is 0.216 e. The molecule has 2 heterocycles. The Hall–Kier alpha value is 0.0900. The van der Waals surface area contributed by atoms with Gasteiger partial charge in [0, 0.05) is 31.7 Å². The van der Waals surface area contributed by atoms with E-state index in [9.17, 15) is 4.79 Å². The van der Waals surface area contributed by atoms with E-state index in [1.165, 1.54) is 17.9 Å². The van der Waals surface area contributed by atoms with E-state index >= 15 is 0 Å². The van der Waals surface area contributed by atoms with Gasteiger partial charge in [0.1, 0.15) is 0 Å². The molecule has 3 aliphatic rings. The van der Waals surface area contributed by atoms with E-state index in [1.54, 1.807) is 6.92 Å². The van der Waals surface area contributed by atoms with Crippen molar-refractivity contribution in [1.82, 2.24) is 5.32 Å². The van der Waals surface area contributed by atoms with Crippen LogP contribution in [0.5, 0.6) is 0 Å². The first-order valence-corrected chi connectivity index (χ1v) is 10.00. The summed E-state index contributed by atoms with van der Waals surface area (Å²) < 4.78 is 12.5. The molecule has 2 saturated heterocycles. The van der Waals surface area contributed by atoms with Gasteiger partial charge in [-0.05, 0) is 30.8 Å². The van der Waals surface area contributed by atoms with Crippen LogP contribution in [-0.4, -0.2) is 47.5 Å². The van der Waals surface area contributed by atoms with Gasteiger partial charge in [-0.3, -0.25) is 4.79 Å². The van der Waals surface area contributed by atoms with E-state index < -0.39 is 0 Å². The van der Waals surface area contributed by atoms with Crippen molar-refractivity contribution >= 4 is 29.4 Å². The van der Waals surface area contributed by atoms with Crippen LogP contribution < -0.4 is 5.32 Å². The van der Waals surface area contributed by atoms with Gasteiger partial charge >= 0.3 is 0 Å². The van der Waals surface area contributed by atoms with Crippen LogP contribution in [0.25, 0.3) is 0 Å². The Kier molecular flexibility index (Phi) is 5.08. The number of thioether (sulfide) groups is 2. The van der Waals surface area contributed by atoms with Crippen molar-refractivity contribution in [2.75, 3.05) is 31.3 Å². The molecule has 1 spiro atoms. The second-order valence-corrected chi connectivity index (χ2v) is 9.06. The number of amides is 1. The summed E-state index contributed by atoms with van der Waals surface area (Å²) in [6.07, 6.45) is 5.49. The summed E-state index contributed by atoms with van der Waals surface area (Å²) in [5.41, 5.74) is 0.101. The molecule has 6 heteroatoms. The van der Waals surface area contributed by atoms with Crippen molar-refractivity contribution in [1.29, 1.82) is 0 Å². The Morgan fingerprint density at radius 2 is 1.90 bits per heavy atom. The fraction of sp³-hybridized carbons (Fsp3) is 0.933. The largest absolute Gasteiger partial charge is 0.356 e. The SMILES string of the molecule is CC(=O)NCC1(C2SCCCS2)CCCC2(C1)OCCO2. The minimum absolute atomic E-state index is 0.0630. The molecule has 0 radical (unpaired) electrons. The Morgan fingerprint density at radius 1 is 1.19 bits per heavy atom. The van der Waals surface area contributed by atoms with Gasteiger partial charge in [0.15, 0.2) is 5.79 Å². The molecule has 1 aliphatic carbocycles. The molecule has 1 N–H and O–H groups in total. The summed E-state index contributed by atoms with van der Waals surface area (Å²) in [4.78, 5) is 11.4. The standard InChI is InChI=1S/C15H25NO3S2/c1-12(17)16-11-14(13-20-8-3-9-21-13)4-2-5-15(10-14)18-6-7-19-15/h13H,2-11H2,1H3,(H,16,17). The minimum atomic E-state index is -0.380. The highest BCUT2D eigenvalue weighted by Crippen LogP contribution is 2.54. The molecule has 2 aliphatic heterocycles. The van der Waals surface area contributed by atoms with Gasteiger partial charge < -0.3 is 14.8 Å². The summed E-state index contributed by atoms with van der Waals surface area (Å²) in [7, 11) is 0. The summed E-state index contributed by atoms with van der Waals surface area (Å²) in [5, 5.41) is 3.08. The van der Waals surface area contributed by atoms with E-state index in [2.05, 4.69) is 28.8 Å². The number of nitrogens with one attached hydrogen (secondary N) is 1. The Labute approximate surface area is 135 Å². The van der Waals surface area contributed by atoms with Gasteiger partial charge in [0.2, 0.25) is 5.91 Å². The molecule has 21 heavy (non-hydrogen) atoms. The zero-order chi connectivity index (χ0) is 14.8. The third kappa shape index (κ3) is 3.54. The molecular formula is C15H25NO3S2. The molecule has 0 aromatic rings. The van der Waals surface area contributed by atoms with Crippen LogP contribution in [0.1, 0.15) is 39.0 Å². The Bertz CT molecular complexity index is 381. The van der Waals surface area contributed by atoms with Crippen molar-refractivity contribution in [2.24, 2.45) is 5.41 Å². The topological polar surface area (TPSA) is 47.6 Å². The molecule has 1 amide bonds. The smallest absolute Gasteiger partial charge is 0.216 e. The summed E-state index contributed by atoms with van der Waals surface area (Å²) >= 11 is 4.13. The van der Waals surface area contributed by atoms with Crippen LogP contribution in [0.3, 0.4) is 0 Å². The van der Waals surface area contributed by atoms with Gasteiger partial charge in [-0.15, -0.1) is 23.5 Å². The number of hydrogen-bond donors (Lipinski definition) is 1. The predicted octanol–water partition coefficient (Wildman–Crippen LogP) is 2.62. The molecule has 1 unspecified atom stereocenters. The molecular weight excluding hydrogens is 306 g/mol. The number of hydrogen-bond acceptors (Lipinski definition) is 5. The van der Waals surface area contributed by atoms with E-state index in [-0.39, 0.29) is 17.1 Å². The molecule has 3 rings (SSSR count). The molecule has 1 atom stereocenters. The maximum atomic E-state index is 11.4. The predicted molar refractivity (Wildman–Crippen MR) is 87.5 cm³/mol. The van der Waals surface area contributed by atoms with Crippen LogP contribution >= 0.6 is 23.5 Å². The molecule has 4 nitrogen and oxygen atoms in total. The second kappa shape index (κ2) is 6.69. The van der Waals surface area contributed by atoms with Crippen molar-refractivity contribution in [2.45, 2.75) is 49.4 Å². The zero-order valence-corrected chi connectivity index (χ0v) is 14.3. The van der Waals surface area contributed by atoms with E-state index in [0.29, 0.717) is 17.8 Å². The third-order valence-corrected chi connectivity index (χ3v) is 8.15. The maximum absolute atomic E-state index is 11.4. The van der Waals surface area contributed by atoms with Crippen molar-refractivity contribution in [3.05, 3.63) is 0 Å². The van der Waals surface area contributed by atoms with E-state index in [0.717, 1.165) is 32.2 Å². The Morgan fingerprint density at radius 3 is 2.57 bits per heavy atom. The summed E-state index contributed by atoms with van der Waals surface area (Å²) in [6, 6.07) is 0. The number of ether oxygens (including phenoxy) is 2. The van der Waals surface area contributed by atoms with Crippen LogP contribution in [-0.2, 0) is 14.3 Å². The lowest BCUT2D eigenvalue weighted by molar-refractivity contribution is -0.199. The lowest BCUT2D eigenvalue weighted by atomic mass is 9.72. The van der Waals surface area contributed by atoms with E-state index in [4.69, 9.17) is 9.47 Å². The fourth-order valence-electron chi connectivity index (χ4n) is 3.74. The second-order valence-electron chi connectivity index (χ2n) is 6.34. The zero-order valence-electron chi connectivity index (χ0n) is 12.7. The first-order chi connectivity index (χ1) is 10.1. The van der Waals surface area contributed by atoms with Crippen molar-refractivity contribution in [3.8, 4) is 0 Å². The van der Waals surface area contributed by atoms with Crippen LogP contribution in [0.2, 0.25) is 0 Å². The fourth-order valence-corrected chi connectivity index (χ4v) is 7.21. The average Bonchev–Trinajstić information content (AvgIpc) is 2.94. The summed E-state index contributed by atoms with van der Waals surface area (Å²) in [5.74, 6) is 2.14. The third-order valence-electron chi connectivity index (χ3n) is 4.68. The first kappa shape index (κ1) is 16.0. The highest BCUT2D eigenvalue weighted by Gasteiger charge is 2.52. The van der Waals surface area contributed by atoms with Crippen LogP contribution in [0, 0.1) is 5.41 Å². The van der Waals surface area contributed by atoms with Gasteiger partial charge in [0.25, 0.3) is 0 Å². The lowest BCUT2D eigenvalue weighted by Crippen LogP contribution is -2.52. The van der Waals surface area contributed by atoms with Gasteiger partial charge in [-0.1, -0.05) is 0 Å². The van der Waals surface area contributed by atoms with Gasteiger partial charge in [-0.25, -0.2) is 0 Å². The number of carbonyl (C=O) groups excluding carboxylic acids is 1. The molecule has 0 aromatic heterocycles. The quantitative estimate of drug-likeness (QED) is 0.861. The van der Waals surface area contributed by atoms with Crippen molar-refractivity contribution in [3.63, 3.8) is 0 Å². The van der Waals surface area contributed by atoms with Crippen LogP contribution in [0.15, 0.2) is 0 Å². The highest BCUT2D eigenvalue weighted by molar-refractivity contribution is 8.17. The molecule has 1 saturated carbocycles. The highest BCUT2D eigenvalue weighted by atomic mass is 32.2.